The zero-order valence-electron chi connectivity index (χ0n) is 11.8. The van der Waals surface area contributed by atoms with Gasteiger partial charge in [0, 0.05) is 7.05 Å². The lowest BCUT2D eigenvalue weighted by Gasteiger charge is -2.16. The number of para-hydroxylation sites is 2. The van der Waals surface area contributed by atoms with E-state index >= 15 is 0 Å². The lowest BCUT2D eigenvalue weighted by Crippen LogP contribution is -2.41. The fraction of sp³-hybridized carbons (Fsp3) is 0.286. The largest absolute Gasteiger partial charge is 0.341 e. The summed E-state index contributed by atoms with van der Waals surface area (Å²) in [7, 11) is 1.43. The number of urea groups is 1. The number of nitriles is 1. The summed E-state index contributed by atoms with van der Waals surface area (Å²) in [5.41, 5.74) is 1.46. The van der Waals surface area contributed by atoms with E-state index in [-0.39, 0.29) is 6.42 Å². The molecule has 7 nitrogen and oxygen atoms in total. The van der Waals surface area contributed by atoms with Gasteiger partial charge < -0.3 is 9.88 Å². The van der Waals surface area contributed by atoms with Crippen molar-refractivity contribution in [2.45, 2.75) is 19.4 Å². The predicted molar refractivity (Wildman–Crippen MR) is 76.4 cm³/mol. The molecule has 0 spiro atoms. The van der Waals surface area contributed by atoms with Crippen molar-refractivity contribution in [2.24, 2.45) is 0 Å². The van der Waals surface area contributed by atoms with Gasteiger partial charge in [-0.05, 0) is 19.1 Å². The molecule has 7 heteroatoms. The Bertz CT molecular complexity index is 729. The Kier molecular flexibility index (Phi) is 4.18. The van der Waals surface area contributed by atoms with Crippen molar-refractivity contribution in [3.05, 3.63) is 30.1 Å². The van der Waals surface area contributed by atoms with Crippen molar-refractivity contribution in [3.63, 3.8) is 0 Å². The summed E-state index contributed by atoms with van der Waals surface area (Å²) in [5.74, 6) is 0.0370. The second kappa shape index (κ2) is 6.05. The normalized spacial score (nSPS) is 11.7. The van der Waals surface area contributed by atoms with Crippen LogP contribution in [0.3, 0.4) is 0 Å². The molecular weight excluding hydrogens is 270 g/mol. The van der Waals surface area contributed by atoms with Gasteiger partial charge in [-0.15, -0.1) is 0 Å². The quantitative estimate of drug-likeness (QED) is 0.882. The third kappa shape index (κ3) is 2.84. The van der Waals surface area contributed by atoms with Crippen LogP contribution in [-0.2, 0) is 11.2 Å². The molecule has 0 fully saturated rings. The van der Waals surface area contributed by atoms with Gasteiger partial charge in [0.2, 0.25) is 0 Å². The molecule has 21 heavy (non-hydrogen) atoms. The van der Waals surface area contributed by atoms with Crippen LogP contribution in [0.5, 0.6) is 0 Å². The number of rotatable bonds is 3. The molecule has 0 saturated heterocycles. The van der Waals surface area contributed by atoms with E-state index in [0.29, 0.717) is 11.3 Å². The number of fused-ring (bicyclic) bond motifs is 1. The SMILES string of the molecule is CNC(=O)NC(=O)C(C)n1c(CC#N)nc2ccccc21. The number of carbonyl (C=O) groups excluding carboxylic acids is 2. The highest BCUT2D eigenvalue weighted by molar-refractivity contribution is 5.96. The van der Waals surface area contributed by atoms with E-state index in [4.69, 9.17) is 5.26 Å². The maximum Gasteiger partial charge on any atom is 0.321 e. The maximum atomic E-state index is 12.1. The van der Waals surface area contributed by atoms with Crippen LogP contribution >= 0.6 is 0 Å². The van der Waals surface area contributed by atoms with Crippen LogP contribution in [-0.4, -0.2) is 28.5 Å². The molecule has 0 radical (unpaired) electrons. The summed E-state index contributed by atoms with van der Waals surface area (Å²) in [4.78, 5) is 27.7. The zero-order valence-corrected chi connectivity index (χ0v) is 11.8. The smallest absolute Gasteiger partial charge is 0.321 e. The van der Waals surface area contributed by atoms with Crippen LogP contribution in [0.2, 0.25) is 0 Å². The minimum atomic E-state index is -0.655. The zero-order chi connectivity index (χ0) is 15.4. The average Bonchev–Trinajstić information content (AvgIpc) is 2.84. The molecule has 0 saturated carbocycles. The minimum Gasteiger partial charge on any atom is -0.341 e. The van der Waals surface area contributed by atoms with E-state index < -0.39 is 18.0 Å². The third-order valence-electron chi connectivity index (χ3n) is 3.14. The molecule has 3 amide bonds. The fourth-order valence-corrected chi connectivity index (χ4v) is 2.12. The Hall–Kier alpha value is -2.88. The Morgan fingerprint density at radius 1 is 1.43 bits per heavy atom. The molecule has 2 aromatic rings. The first-order chi connectivity index (χ1) is 10.1. The number of nitrogens with zero attached hydrogens (tertiary/aromatic N) is 3. The number of imidazole rings is 1. The van der Waals surface area contributed by atoms with E-state index in [1.54, 1.807) is 11.5 Å². The molecule has 0 aliphatic carbocycles. The molecular formula is C14H15N5O2. The van der Waals surface area contributed by atoms with E-state index in [1.165, 1.54) is 7.05 Å². The van der Waals surface area contributed by atoms with Gasteiger partial charge >= 0.3 is 6.03 Å². The Morgan fingerprint density at radius 2 is 2.14 bits per heavy atom. The molecule has 1 heterocycles. The van der Waals surface area contributed by atoms with Gasteiger partial charge in [-0.2, -0.15) is 5.26 Å². The van der Waals surface area contributed by atoms with Crippen LogP contribution in [0.1, 0.15) is 18.8 Å². The maximum absolute atomic E-state index is 12.1. The summed E-state index contributed by atoms with van der Waals surface area (Å²) < 4.78 is 1.68. The van der Waals surface area contributed by atoms with Crippen LogP contribution in [0.25, 0.3) is 11.0 Å². The lowest BCUT2D eigenvalue weighted by atomic mass is 10.2. The number of carbonyl (C=O) groups is 2. The lowest BCUT2D eigenvalue weighted by molar-refractivity contribution is -0.122. The van der Waals surface area contributed by atoms with Crippen molar-refractivity contribution in [1.29, 1.82) is 5.26 Å². The number of benzene rings is 1. The average molecular weight is 285 g/mol. The molecule has 0 bridgehead atoms. The van der Waals surface area contributed by atoms with Crippen LogP contribution in [0.4, 0.5) is 4.79 Å². The van der Waals surface area contributed by atoms with Gasteiger partial charge in [0.25, 0.3) is 5.91 Å². The second-order valence-electron chi connectivity index (χ2n) is 4.47. The first kappa shape index (κ1) is 14.5. The predicted octanol–water partition coefficient (Wildman–Crippen LogP) is 1.12. The summed E-state index contributed by atoms with van der Waals surface area (Å²) in [6.07, 6.45) is 0.0896. The first-order valence-electron chi connectivity index (χ1n) is 6.43. The van der Waals surface area contributed by atoms with Crippen molar-refractivity contribution in [3.8, 4) is 6.07 Å². The van der Waals surface area contributed by atoms with Gasteiger partial charge in [0.05, 0.1) is 23.5 Å². The number of imide groups is 1. The third-order valence-corrected chi connectivity index (χ3v) is 3.14. The molecule has 1 atom stereocenters. The Labute approximate surface area is 121 Å². The number of hydrogen-bond acceptors (Lipinski definition) is 4. The van der Waals surface area contributed by atoms with E-state index in [0.717, 1.165) is 5.52 Å². The second-order valence-corrected chi connectivity index (χ2v) is 4.47. The molecule has 2 N–H and O–H groups in total. The fourth-order valence-electron chi connectivity index (χ4n) is 2.12. The van der Waals surface area contributed by atoms with E-state index in [1.807, 2.05) is 30.3 Å². The van der Waals surface area contributed by atoms with Crippen LogP contribution in [0, 0.1) is 11.3 Å². The highest BCUT2D eigenvalue weighted by Gasteiger charge is 2.22. The molecule has 2 rings (SSSR count). The summed E-state index contributed by atoms with van der Waals surface area (Å²) in [5, 5.41) is 13.5. The summed E-state index contributed by atoms with van der Waals surface area (Å²) in [6.45, 7) is 1.66. The highest BCUT2D eigenvalue weighted by Crippen LogP contribution is 2.21. The van der Waals surface area contributed by atoms with Crippen LogP contribution < -0.4 is 10.6 Å². The van der Waals surface area contributed by atoms with Crippen molar-refractivity contribution < 1.29 is 9.59 Å². The van der Waals surface area contributed by atoms with E-state index in [2.05, 4.69) is 15.6 Å². The topological polar surface area (TPSA) is 99.8 Å². The number of aromatic nitrogens is 2. The summed E-state index contributed by atoms with van der Waals surface area (Å²) >= 11 is 0. The molecule has 1 unspecified atom stereocenters. The monoisotopic (exact) mass is 285 g/mol. The van der Waals surface area contributed by atoms with Gasteiger partial charge in [0.1, 0.15) is 11.9 Å². The molecule has 1 aromatic heterocycles. The molecule has 0 aliphatic rings. The number of amides is 3. The van der Waals surface area contributed by atoms with Gasteiger partial charge in [-0.25, -0.2) is 9.78 Å². The van der Waals surface area contributed by atoms with Crippen molar-refractivity contribution in [2.75, 3.05) is 7.05 Å². The van der Waals surface area contributed by atoms with Crippen molar-refractivity contribution >= 4 is 23.0 Å². The van der Waals surface area contributed by atoms with E-state index in [9.17, 15) is 9.59 Å². The molecule has 108 valence electrons. The first-order valence-corrected chi connectivity index (χ1v) is 6.43. The van der Waals surface area contributed by atoms with Crippen LogP contribution in [0.15, 0.2) is 24.3 Å². The Balaban J connectivity index is 2.43. The summed E-state index contributed by atoms with van der Waals surface area (Å²) in [6, 6.07) is 8.12. The number of hydrogen-bond donors (Lipinski definition) is 2. The standard InChI is InChI=1S/C14H15N5O2/c1-9(13(20)18-14(21)16-2)19-11-6-4-3-5-10(11)17-12(19)7-8-15/h3-6,9H,7H2,1-2H3,(H2,16,18,20,21). The molecule has 0 aliphatic heterocycles. The van der Waals surface area contributed by atoms with Gasteiger partial charge in [-0.3, -0.25) is 10.1 Å². The molecule has 1 aromatic carbocycles. The highest BCUT2D eigenvalue weighted by atomic mass is 16.2. The van der Waals surface area contributed by atoms with Gasteiger partial charge in [-0.1, -0.05) is 12.1 Å². The van der Waals surface area contributed by atoms with Gasteiger partial charge in [0.15, 0.2) is 0 Å². The number of nitrogens with one attached hydrogen (secondary N) is 2. The Morgan fingerprint density at radius 3 is 2.81 bits per heavy atom. The minimum absolute atomic E-state index is 0.0896. The van der Waals surface area contributed by atoms with Crippen molar-refractivity contribution in [1.82, 2.24) is 20.2 Å².